The van der Waals surface area contributed by atoms with Crippen LogP contribution in [0.2, 0.25) is 0 Å². The zero-order valence-electron chi connectivity index (χ0n) is 17.2. The molecule has 3 rings (SSSR count). The average molecular weight is 451 g/mol. The van der Waals surface area contributed by atoms with Gasteiger partial charge >= 0.3 is 6.55 Å². The van der Waals surface area contributed by atoms with Crippen LogP contribution in [-0.2, 0) is 21.2 Å². The number of imidazole rings is 1. The van der Waals surface area contributed by atoms with Gasteiger partial charge in [-0.1, -0.05) is 31.2 Å². The van der Waals surface area contributed by atoms with Gasteiger partial charge in [-0.25, -0.2) is 18.1 Å². The van der Waals surface area contributed by atoms with Crippen molar-refractivity contribution in [3.63, 3.8) is 0 Å². The zero-order valence-corrected chi connectivity index (χ0v) is 18.0. The standard InChI is InChI=1S/C21H24F2N4O3S/c1-14(20-26-17-5-3-4-6-18(17)27(20)21(22)23)13-25-19(28)12-9-15-7-10-16(11-8-15)31(29,30)24-2/h3-8,10-11,14,21,24H,9,12-13H2,1-2H3,(H,25,28)/t14-/m0/s1. The van der Waals surface area contributed by atoms with E-state index in [4.69, 9.17) is 0 Å². The van der Waals surface area contributed by atoms with Crippen molar-refractivity contribution in [1.82, 2.24) is 19.6 Å². The lowest BCUT2D eigenvalue weighted by Crippen LogP contribution is -2.28. The number of nitrogens with zero attached hydrogens (tertiary/aromatic N) is 2. The maximum absolute atomic E-state index is 13.6. The Morgan fingerprint density at radius 3 is 2.45 bits per heavy atom. The minimum atomic E-state index is -3.50. The number of fused-ring (bicyclic) bond motifs is 1. The van der Waals surface area contributed by atoms with E-state index in [1.807, 2.05) is 0 Å². The molecule has 1 atom stereocenters. The first kappa shape index (κ1) is 22.8. The van der Waals surface area contributed by atoms with Crippen LogP contribution in [0.5, 0.6) is 0 Å². The van der Waals surface area contributed by atoms with Crippen LogP contribution >= 0.6 is 0 Å². The topological polar surface area (TPSA) is 93.1 Å². The molecule has 2 aromatic carbocycles. The molecule has 0 radical (unpaired) electrons. The lowest BCUT2D eigenvalue weighted by molar-refractivity contribution is -0.121. The number of aromatic nitrogens is 2. The van der Waals surface area contributed by atoms with Crippen molar-refractivity contribution in [2.45, 2.75) is 37.1 Å². The van der Waals surface area contributed by atoms with Crippen molar-refractivity contribution in [3.05, 3.63) is 59.9 Å². The molecule has 10 heteroatoms. The summed E-state index contributed by atoms with van der Waals surface area (Å²) in [5.74, 6) is -0.410. The number of benzene rings is 2. The molecule has 0 aliphatic heterocycles. The van der Waals surface area contributed by atoms with Gasteiger partial charge < -0.3 is 5.32 Å². The zero-order chi connectivity index (χ0) is 22.6. The minimum Gasteiger partial charge on any atom is -0.355 e. The number of carbonyl (C=O) groups excluding carboxylic acids is 1. The summed E-state index contributed by atoms with van der Waals surface area (Å²) in [7, 11) is -2.16. The van der Waals surface area contributed by atoms with E-state index < -0.39 is 22.5 Å². The molecule has 0 fully saturated rings. The van der Waals surface area contributed by atoms with Crippen LogP contribution in [0, 0.1) is 0 Å². The number of alkyl halides is 2. The predicted molar refractivity (Wildman–Crippen MR) is 113 cm³/mol. The second kappa shape index (κ2) is 9.52. The van der Waals surface area contributed by atoms with Crippen LogP contribution in [-0.4, -0.2) is 37.5 Å². The summed E-state index contributed by atoms with van der Waals surface area (Å²) in [6.45, 7) is -0.814. The maximum Gasteiger partial charge on any atom is 0.320 e. The Morgan fingerprint density at radius 2 is 1.81 bits per heavy atom. The number of aryl methyl sites for hydroxylation is 1. The third kappa shape index (κ3) is 5.26. The fourth-order valence-electron chi connectivity index (χ4n) is 3.27. The SMILES string of the molecule is CNS(=O)(=O)c1ccc(CCC(=O)NC[C@H](C)c2nc3ccccc3n2C(F)F)cc1. The van der Waals surface area contributed by atoms with Gasteiger partial charge in [0.05, 0.1) is 15.9 Å². The van der Waals surface area contributed by atoms with E-state index in [2.05, 4.69) is 15.0 Å². The molecule has 1 amide bonds. The largest absolute Gasteiger partial charge is 0.355 e. The van der Waals surface area contributed by atoms with E-state index in [0.717, 1.165) is 10.1 Å². The fraction of sp³-hybridized carbons (Fsp3) is 0.333. The summed E-state index contributed by atoms with van der Waals surface area (Å²) in [4.78, 5) is 16.7. The molecule has 0 spiro atoms. The predicted octanol–water partition coefficient (Wildman–Crippen LogP) is 3.19. The molecule has 3 aromatic rings. The van der Waals surface area contributed by atoms with Crippen molar-refractivity contribution >= 4 is 27.0 Å². The molecule has 0 aliphatic carbocycles. The summed E-state index contributed by atoms with van der Waals surface area (Å²) in [5.41, 5.74) is 1.66. The van der Waals surface area contributed by atoms with Crippen LogP contribution < -0.4 is 10.0 Å². The molecule has 0 aliphatic rings. The third-order valence-electron chi connectivity index (χ3n) is 5.01. The van der Waals surface area contributed by atoms with Crippen LogP contribution in [0.15, 0.2) is 53.4 Å². The lowest BCUT2D eigenvalue weighted by Gasteiger charge is -2.15. The number of amides is 1. The van der Waals surface area contributed by atoms with E-state index in [9.17, 15) is 22.0 Å². The number of rotatable bonds is 9. The van der Waals surface area contributed by atoms with Crippen molar-refractivity contribution < 1.29 is 22.0 Å². The number of hydrogen-bond donors (Lipinski definition) is 2. The highest BCUT2D eigenvalue weighted by Crippen LogP contribution is 2.27. The maximum atomic E-state index is 13.6. The molecule has 166 valence electrons. The van der Waals surface area contributed by atoms with Crippen LogP contribution in [0.4, 0.5) is 8.78 Å². The van der Waals surface area contributed by atoms with E-state index in [1.165, 1.54) is 19.2 Å². The molecule has 1 heterocycles. The first-order chi connectivity index (χ1) is 14.7. The van der Waals surface area contributed by atoms with E-state index >= 15 is 0 Å². The monoisotopic (exact) mass is 450 g/mol. The van der Waals surface area contributed by atoms with Crippen molar-refractivity contribution in [1.29, 1.82) is 0 Å². The number of nitrogens with one attached hydrogen (secondary N) is 2. The highest BCUT2D eigenvalue weighted by molar-refractivity contribution is 7.89. The highest BCUT2D eigenvalue weighted by Gasteiger charge is 2.22. The highest BCUT2D eigenvalue weighted by atomic mass is 32.2. The van der Waals surface area contributed by atoms with Gasteiger partial charge in [0.1, 0.15) is 5.82 Å². The van der Waals surface area contributed by atoms with Gasteiger partial charge in [-0.3, -0.25) is 9.36 Å². The molecule has 0 unspecified atom stereocenters. The first-order valence-corrected chi connectivity index (χ1v) is 11.3. The van der Waals surface area contributed by atoms with Crippen molar-refractivity contribution in [3.8, 4) is 0 Å². The summed E-state index contributed by atoms with van der Waals surface area (Å²) in [5, 5.41) is 2.76. The smallest absolute Gasteiger partial charge is 0.320 e. The van der Waals surface area contributed by atoms with Gasteiger partial charge in [-0.15, -0.1) is 0 Å². The molecule has 1 aromatic heterocycles. The summed E-state index contributed by atoms with van der Waals surface area (Å²) in [6.07, 6.45) is 0.617. The lowest BCUT2D eigenvalue weighted by atomic mass is 10.1. The minimum absolute atomic E-state index is 0.152. The number of hydrogen-bond acceptors (Lipinski definition) is 4. The summed E-state index contributed by atoms with van der Waals surface area (Å²) < 4.78 is 53.8. The Balaban J connectivity index is 1.58. The molecule has 0 bridgehead atoms. The van der Waals surface area contributed by atoms with Gasteiger partial charge in [0.15, 0.2) is 0 Å². The Morgan fingerprint density at radius 1 is 1.13 bits per heavy atom. The van der Waals surface area contributed by atoms with Gasteiger partial charge in [0.25, 0.3) is 0 Å². The van der Waals surface area contributed by atoms with Gasteiger partial charge in [0, 0.05) is 18.9 Å². The van der Waals surface area contributed by atoms with Crippen molar-refractivity contribution in [2.75, 3.05) is 13.6 Å². The number of sulfonamides is 1. The number of halogens is 2. The Kier molecular flexibility index (Phi) is 7.01. The Labute approximate surface area is 179 Å². The average Bonchev–Trinajstić information content (AvgIpc) is 3.16. The molecule has 0 saturated heterocycles. The normalized spacial score (nSPS) is 12.9. The third-order valence-corrected chi connectivity index (χ3v) is 6.44. The molecular weight excluding hydrogens is 426 g/mol. The second-order valence-electron chi connectivity index (χ2n) is 7.16. The van der Waals surface area contributed by atoms with Crippen molar-refractivity contribution in [2.24, 2.45) is 0 Å². The van der Waals surface area contributed by atoms with Crippen LogP contribution in [0.25, 0.3) is 11.0 Å². The quantitative estimate of drug-likeness (QED) is 0.524. The van der Waals surface area contributed by atoms with Crippen LogP contribution in [0.1, 0.15) is 37.2 Å². The van der Waals surface area contributed by atoms with E-state index in [-0.39, 0.29) is 29.6 Å². The first-order valence-electron chi connectivity index (χ1n) is 9.77. The number of para-hydroxylation sites is 2. The second-order valence-corrected chi connectivity index (χ2v) is 9.05. The molecule has 31 heavy (non-hydrogen) atoms. The Hall–Kier alpha value is -2.85. The van der Waals surface area contributed by atoms with Gasteiger partial charge in [-0.05, 0) is 43.3 Å². The summed E-state index contributed by atoms with van der Waals surface area (Å²) in [6, 6.07) is 13.0. The molecular formula is C21H24F2N4O3S. The molecule has 2 N–H and O–H groups in total. The van der Waals surface area contributed by atoms with Crippen LogP contribution in [0.3, 0.4) is 0 Å². The summed E-state index contributed by atoms with van der Waals surface area (Å²) >= 11 is 0. The Bertz CT molecular complexity index is 1160. The number of carbonyl (C=O) groups is 1. The van der Waals surface area contributed by atoms with Gasteiger partial charge in [-0.2, -0.15) is 8.78 Å². The van der Waals surface area contributed by atoms with E-state index in [0.29, 0.717) is 17.5 Å². The molecule has 7 nitrogen and oxygen atoms in total. The van der Waals surface area contributed by atoms with Gasteiger partial charge in [0.2, 0.25) is 15.9 Å². The molecule has 0 saturated carbocycles. The fourth-order valence-corrected chi connectivity index (χ4v) is 4.00. The van der Waals surface area contributed by atoms with E-state index in [1.54, 1.807) is 43.3 Å².